The smallest absolute Gasteiger partial charge is 0.269 e. The van der Waals surface area contributed by atoms with Crippen LogP contribution in [-0.2, 0) is 0 Å². The van der Waals surface area contributed by atoms with Crippen LogP contribution in [0.3, 0.4) is 0 Å². The molecule has 0 saturated carbocycles. The van der Waals surface area contributed by atoms with E-state index in [1.54, 1.807) is 19.2 Å². The first kappa shape index (κ1) is 20.2. The SMILES string of the molecule is CCCCC[C@H](C)CNC(=S)NNC(=O)c1ccc(C)c(OC)c1. The molecule has 0 unspecified atom stereocenters. The topological polar surface area (TPSA) is 62.4 Å². The van der Waals surface area contributed by atoms with Gasteiger partial charge in [0.15, 0.2) is 5.11 Å². The molecule has 1 aromatic rings. The number of thiocarbonyl (C=S) groups is 1. The minimum atomic E-state index is -0.256. The lowest BCUT2D eigenvalue weighted by molar-refractivity contribution is 0.0943. The first-order valence-electron chi connectivity index (χ1n) is 8.46. The Balaban J connectivity index is 2.34. The van der Waals surface area contributed by atoms with Crippen molar-refractivity contribution in [1.29, 1.82) is 0 Å². The van der Waals surface area contributed by atoms with E-state index in [4.69, 9.17) is 17.0 Å². The van der Waals surface area contributed by atoms with Crippen molar-refractivity contribution in [3.8, 4) is 5.75 Å². The number of hydrogen-bond acceptors (Lipinski definition) is 3. The third-order valence-electron chi connectivity index (χ3n) is 3.87. The van der Waals surface area contributed by atoms with Gasteiger partial charge in [-0.05, 0) is 49.2 Å². The quantitative estimate of drug-likeness (QED) is 0.381. The molecule has 24 heavy (non-hydrogen) atoms. The Hall–Kier alpha value is -1.82. The molecule has 0 aliphatic rings. The van der Waals surface area contributed by atoms with E-state index in [2.05, 4.69) is 30.0 Å². The maximum atomic E-state index is 12.1. The highest BCUT2D eigenvalue weighted by molar-refractivity contribution is 7.80. The van der Waals surface area contributed by atoms with Crippen molar-refractivity contribution < 1.29 is 9.53 Å². The van der Waals surface area contributed by atoms with Gasteiger partial charge in [-0.3, -0.25) is 15.6 Å². The fourth-order valence-electron chi connectivity index (χ4n) is 2.30. The molecule has 0 spiro atoms. The molecule has 0 aliphatic heterocycles. The Morgan fingerprint density at radius 1 is 1.29 bits per heavy atom. The lowest BCUT2D eigenvalue weighted by atomic mass is 10.0. The lowest BCUT2D eigenvalue weighted by Gasteiger charge is -2.15. The molecule has 0 saturated heterocycles. The van der Waals surface area contributed by atoms with E-state index < -0.39 is 0 Å². The number of carbonyl (C=O) groups excluding carboxylic acids is 1. The molecule has 0 heterocycles. The number of hydrogen-bond donors (Lipinski definition) is 3. The number of rotatable bonds is 8. The molecule has 0 radical (unpaired) electrons. The van der Waals surface area contributed by atoms with Crippen LogP contribution in [0, 0.1) is 12.8 Å². The number of ether oxygens (including phenoxy) is 1. The van der Waals surface area contributed by atoms with Crippen molar-refractivity contribution in [2.45, 2.75) is 46.5 Å². The molecule has 1 atom stereocenters. The standard InChI is InChI=1S/C18H29N3O2S/c1-5-6-7-8-13(2)12-19-18(24)21-20-17(22)15-10-9-14(3)16(11-15)23-4/h9-11,13H,5-8,12H2,1-4H3,(H,20,22)(H2,19,21,24)/t13-/m0/s1. The largest absolute Gasteiger partial charge is 0.496 e. The second kappa shape index (κ2) is 10.9. The van der Waals surface area contributed by atoms with Gasteiger partial charge in [-0.2, -0.15) is 0 Å². The molecule has 1 amide bonds. The molecule has 0 bridgehead atoms. The molecule has 1 aromatic carbocycles. The third-order valence-corrected chi connectivity index (χ3v) is 4.12. The van der Waals surface area contributed by atoms with E-state index in [0.29, 0.717) is 22.3 Å². The predicted molar refractivity (Wildman–Crippen MR) is 102 cm³/mol. The second-order valence-electron chi connectivity index (χ2n) is 6.07. The van der Waals surface area contributed by atoms with Crippen LogP contribution in [0.15, 0.2) is 18.2 Å². The maximum absolute atomic E-state index is 12.1. The summed E-state index contributed by atoms with van der Waals surface area (Å²) in [5.41, 5.74) is 6.83. The summed E-state index contributed by atoms with van der Waals surface area (Å²) in [5, 5.41) is 3.55. The first-order chi connectivity index (χ1) is 11.5. The van der Waals surface area contributed by atoms with Crippen LogP contribution < -0.4 is 20.9 Å². The lowest BCUT2D eigenvalue weighted by Crippen LogP contribution is -2.47. The highest BCUT2D eigenvalue weighted by Gasteiger charge is 2.09. The summed E-state index contributed by atoms with van der Waals surface area (Å²) in [6, 6.07) is 5.31. The number of nitrogens with one attached hydrogen (secondary N) is 3. The number of aryl methyl sites for hydroxylation is 1. The molecule has 0 fully saturated rings. The minimum absolute atomic E-state index is 0.256. The average Bonchev–Trinajstić information content (AvgIpc) is 2.58. The highest BCUT2D eigenvalue weighted by atomic mass is 32.1. The molecule has 134 valence electrons. The Morgan fingerprint density at radius 2 is 2.04 bits per heavy atom. The summed E-state index contributed by atoms with van der Waals surface area (Å²) in [5.74, 6) is 0.978. The Labute approximate surface area is 150 Å². The van der Waals surface area contributed by atoms with Gasteiger partial charge in [-0.15, -0.1) is 0 Å². The van der Waals surface area contributed by atoms with E-state index in [-0.39, 0.29) is 5.91 Å². The van der Waals surface area contributed by atoms with Gasteiger partial charge < -0.3 is 10.1 Å². The van der Waals surface area contributed by atoms with Crippen LogP contribution in [0.2, 0.25) is 0 Å². The zero-order chi connectivity index (χ0) is 17.9. The Kier molecular flexibility index (Phi) is 9.15. The summed E-state index contributed by atoms with van der Waals surface area (Å²) in [4.78, 5) is 12.1. The minimum Gasteiger partial charge on any atom is -0.496 e. The van der Waals surface area contributed by atoms with Crippen molar-refractivity contribution in [2.24, 2.45) is 5.92 Å². The number of methoxy groups -OCH3 is 1. The van der Waals surface area contributed by atoms with Gasteiger partial charge in [0.2, 0.25) is 0 Å². The van der Waals surface area contributed by atoms with Crippen molar-refractivity contribution in [3.63, 3.8) is 0 Å². The van der Waals surface area contributed by atoms with Gasteiger partial charge in [-0.1, -0.05) is 39.2 Å². The van der Waals surface area contributed by atoms with E-state index in [0.717, 1.165) is 12.1 Å². The Morgan fingerprint density at radius 3 is 2.71 bits per heavy atom. The van der Waals surface area contributed by atoms with Gasteiger partial charge in [0.25, 0.3) is 5.91 Å². The van der Waals surface area contributed by atoms with Crippen LogP contribution in [-0.4, -0.2) is 24.7 Å². The molecule has 6 heteroatoms. The van der Waals surface area contributed by atoms with Crippen molar-refractivity contribution in [1.82, 2.24) is 16.2 Å². The second-order valence-corrected chi connectivity index (χ2v) is 6.48. The van der Waals surface area contributed by atoms with E-state index in [1.165, 1.54) is 25.7 Å². The monoisotopic (exact) mass is 351 g/mol. The predicted octanol–water partition coefficient (Wildman–Crippen LogP) is 3.33. The van der Waals surface area contributed by atoms with Gasteiger partial charge in [0, 0.05) is 12.1 Å². The van der Waals surface area contributed by atoms with Crippen LogP contribution in [0.1, 0.15) is 55.5 Å². The van der Waals surface area contributed by atoms with E-state index >= 15 is 0 Å². The summed E-state index contributed by atoms with van der Waals surface area (Å²) >= 11 is 5.18. The molecular formula is C18H29N3O2S. The van der Waals surface area contributed by atoms with Gasteiger partial charge >= 0.3 is 0 Å². The molecule has 3 N–H and O–H groups in total. The van der Waals surface area contributed by atoms with Gasteiger partial charge in [0.1, 0.15) is 5.75 Å². The summed E-state index contributed by atoms with van der Waals surface area (Å²) in [7, 11) is 1.59. The summed E-state index contributed by atoms with van der Waals surface area (Å²) < 4.78 is 5.23. The first-order valence-corrected chi connectivity index (χ1v) is 8.87. The fraction of sp³-hybridized carbons (Fsp3) is 0.556. The molecular weight excluding hydrogens is 322 g/mol. The summed E-state index contributed by atoms with van der Waals surface area (Å²) in [6.07, 6.45) is 4.92. The van der Waals surface area contributed by atoms with Crippen molar-refractivity contribution in [3.05, 3.63) is 29.3 Å². The highest BCUT2D eigenvalue weighted by Crippen LogP contribution is 2.18. The average molecular weight is 352 g/mol. The maximum Gasteiger partial charge on any atom is 0.269 e. The zero-order valence-electron chi connectivity index (χ0n) is 15.1. The normalized spacial score (nSPS) is 11.5. The van der Waals surface area contributed by atoms with E-state index in [9.17, 15) is 4.79 Å². The molecule has 1 rings (SSSR count). The Bertz CT molecular complexity index is 549. The number of benzene rings is 1. The summed E-state index contributed by atoms with van der Waals surface area (Å²) in [6.45, 7) is 7.12. The molecule has 5 nitrogen and oxygen atoms in total. The molecule has 0 aliphatic carbocycles. The van der Waals surface area contributed by atoms with Crippen LogP contribution >= 0.6 is 12.2 Å². The fourth-order valence-corrected chi connectivity index (χ4v) is 2.44. The van der Waals surface area contributed by atoms with Gasteiger partial charge in [0.05, 0.1) is 7.11 Å². The van der Waals surface area contributed by atoms with E-state index in [1.807, 2.05) is 13.0 Å². The van der Waals surface area contributed by atoms with Crippen LogP contribution in [0.4, 0.5) is 0 Å². The van der Waals surface area contributed by atoms with Crippen LogP contribution in [0.5, 0.6) is 5.75 Å². The molecule has 0 aromatic heterocycles. The third kappa shape index (κ3) is 7.17. The zero-order valence-corrected chi connectivity index (χ0v) is 15.9. The number of hydrazine groups is 1. The van der Waals surface area contributed by atoms with Crippen molar-refractivity contribution in [2.75, 3.05) is 13.7 Å². The van der Waals surface area contributed by atoms with Crippen molar-refractivity contribution >= 4 is 23.2 Å². The number of amides is 1. The van der Waals surface area contributed by atoms with Crippen LogP contribution in [0.25, 0.3) is 0 Å². The number of unbranched alkanes of at least 4 members (excludes halogenated alkanes) is 2. The van der Waals surface area contributed by atoms with Gasteiger partial charge in [-0.25, -0.2) is 0 Å². The number of carbonyl (C=O) groups is 1.